The number of rotatable bonds is 5. The van der Waals surface area contributed by atoms with Crippen molar-refractivity contribution in [2.24, 2.45) is 0 Å². The average molecular weight is 246 g/mol. The number of hydrogen-bond donors (Lipinski definition) is 0. The van der Waals surface area contributed by atoms with E-state index in [1.807, 2.05) is 24.9 Å². The zero-order chi connectivity index (χ0) is 12.2. The second-order valence-electron chi connectivity index (χ2n) is 4.69. The third-order valence-electron chi connectivity index (χ3n) is 3.42. The first kappa shape index (κ1) is 11.5. The first-order valence-corrected chi connectivity index (χ1v) is 6.48. The first-order chi connectivity index (χ1) is 8.93. The second kappa shape index (κ2) is 5.35. The largest absolute Gasteiger partial charge is 0.381 e. The highest BCUT2D eigenvalue weighted by atomic mass is 16.5. The number of aryl methyl sites for hydroxylation is 2. The minimum absolute atomic E-state index is 0.480. The summed E-state index contributed by atoms with van der Waals surface area (Å²) in [6.07, 6.45) is 11.8. The molecule has 5 nitrogen and oxygen atoms in total. The van der Waals surface area contributed by atoms with Crippen LogP contribution in [0.4, 0.5) is 0 Å². The van der Waals surface area contributed by atoms with Gasteiger partial charge in [-0.05, 0) is 12.8 Å². The fourth-order valence-corrected chi connectivity index (χ4v) is 2.45. The molecule has 2 aromatic rings. The molecular weight excluding hydrogens is 228 g/mol. The van der Waals surface area contributed by atoms with Gasteiger partial charge in [0.25, 0.3) is 0 Å². The van der Waals surface area contributed by atoms with E-state index < -0.39 is 0 Å². The van der Waals surface area contributed by atoms with Crippen molar-refractivity contribution in [3.05, 3.63) is 36.9 Å². The Bertz CT molecular complexity index is 471. The maximum Gasteiger partial charge on any atom is 0.114 e. The maximum atomic E-state index is 5.43. The Balaban J connectivity index is 1.57. The highest BCUT2D eigenvalue weighted by Crippen LogP contribution is 2.23. The van der Waals surface area contributed by atoms with E-state index in [9.17, 15) is 0 Å². The Morgan fingerprint density at radius 1 is 1.28 bits per heavy atom. The van der Waals surface area contributed by atoms with Crippen molar-refractivity contribution in [2.45, 2.75) is 31.8 Å². The van der Waals surface area contributed by atoms with E-state index in [0.717, 1.165) is 39.1 Å². The van der Waals surface area contributed by atoms with Gasteiger partial charge >= 0.3 is 0 Å². The van der Waals surface area contributed by atoms with Gasteiger partial charge in [-0.1, -0.05) is 0 Å². The molecule has 1 aliphatic rings. The van der Waals surface area contributed by atoms with E-state index in [4.69, 9.17) is 4.74 Å². The van der Waals surface area contributed by atoms with Gasteiger partial charge in [-0.15, -0.1) is 0 Å². The van der Waals surface area contributed by atoms with Gasteiger partial charge in [-0.2, -0.15) is 0 Å². The summed E-state index contributed by atoms with van der Waals surface area (Å²) in [5.74, 6) is 1.66. The van der Waals surface area contributed by atoms with Gasteiger partial charge in [-0.3, -0.25) is 0 Å². The van der Waals surface area contributed by atoms with Crippen molar-refractivity contribution >= 4 is 0 Å². The lowest BCUT2D eigenvalue weighted by molar-refractivity contribution is 0.192. The molecule has 0 unspecified atom stereocenters. The van der Waals surface area contributed by atoms with E-state index in [1.54, 1.807) is 0 Å². The van der Waals surface area contributed by atoms with Crippen molar-refractivity contribution in [1.29, 1.82) is 0 Å². The van der Waals surface area contributed by atoms with Crippen LogP contribution in [0, 0.1) is 0 Å². The molecule has 0 N–H and O–H groups in total. The summed E-state index contributed by atoms with van der Waals surface area (Å²) in [4.78, 5) is 8.52. The number of nitrogens with zero attached hydrogens (tertiary/aromatic N) is 4. The quantitative estimate of drug-likeness (QED) is 0.806. The molecule has 96 valence electrons. The highest BCUT2D eigenvalue weighted by Gasteiger charge is 2.21. The molecule has 0 bridgehead atoms. The molecule has 0 aliphatic carbocycles. The molecule has 1 fully saturated rings. The van der Waals surface area contributed by atoms with Gasteiger partial charge in [0.15, 0.2) is 0 Å². The number of hydrogen-bond acceptors (Lipinski definition) is 3. The fourth-order valence-electron chi connectivity index (χ4n) is 2.45. The maximum absolute atomic E-state index is 5.43. The third kappa shape index (κ3) is 2.46. The molecule has 3 heterocycles. The predicted molar refractivity (Wildman–Crippen MR) is 67.2 cm³/mol. The van der Waals surface area contributed by atoms with Crippen molar-refractivity contribution in [2.75, 3.05) is 13.2 Å². The summed E-state index contributed by atoms with van der Waals surface area (Å²) in [6, 6.07) is 0. The lowest BCUT2D eigenvalue weighted by Crippen LogP contribution is -2.10. The molecule has 0 saturated carbocycles. The third-order valence-corrected chi connectivity index (χ3v) is 3.42. The molecule has 0 amide bonds. The summed E-state index contributed by atoms with van der Waals surface area (Å²) in [5, 5.41) is 0. The first-order valence-electron chi connectivity index (χ1n) is 6.48. The smallest absolute Gasteiger partial charge is 0.114 e. The number of ether oxygens (including phenoxy) is 1. The van der Waals surface area contributed by atoms with Crippen LogP contribution < -0.4 is 0 Å². The summed E-state index contributed by atoms with van der Waals surface area (Å²) in [7, 11) is 0. The van der Waals surface area contributed by atoms with E-state index in [2.05, 4.69) is 25.3 Å². The Labute approximate surface area is 106 Å². The lowest BCUT2D eigenvalue weighted by Gasteiger charge is -2.11. The Kier molecular flexibility index (Phi) is 3.41. The van der Waals surface area contributed by atoms with Crippen molar-refractivity contribution in [1.82, 2.24) is 19.1 Å². The van der Waals surface area contributed by atoms with Gasteiger partial charge in [0.2, 0.25) is 0 Å². The van der Waals surface area contributed by atoms with Crippen LogP contribution in [0.3, 0.4) is 0 Å². The van der Waals surface area contributed by atoms with Crippen molar-refractivity contribution < 1.29 is 4.74 Å². The predicted octanol–water partition coefficient (Wildman–Crippen LogP) is 1.67. The topological polar surface area (TPSA) is 44.9 Å². The average Bonchev–Trinajstić information content (AvgIpc) is 3.12. The van der Waals surface area contributed by atoms with Crippen molar-refractivity contribution in [3.63, 3.8) is 0 Å². The highest BCUT2D eigenvalue weighted by molar-refractivity contribution is 5.02. The van der Waals surface area contributed by atoms with Crippen LogP contribution in [-0.2, 0) is 17.8 Å². The molecule has 0 aromatic carbocycles. The van der Waals surface area contributed by atoms with Gasteiger partial charge in [0.05, 0.1) is 12.9 Å². The molecule has 1 aliphatic heterocycles. The normalized spacial score (nSPS) is 19.4. The SMILES string of the molecule is c1cn(CCCn2ccnc2[C@@H]2CCOC2)cn1. The van der Waals surface area contributed by atoms with Crippen LogP contribution in [0.2, 0.25) is 0 Å². The fraction of sp³-hybridized carbons (Fsp3) is 0.538. The molecular formula is C13H18N4O. The molecule has 1 saturated heterocycles. The molecule has 0 radical (unpaired) electrons. The minimum atomic E-state index is 0.480. The monoisotopic (exact) mass is 246 g/mol. The van der Waals surface area contributed by atoms with Crippen LogP contribution in [0.25, 0.3) is 0 Å². The van der Waals surface area contributed by atoms with Crippen LogP contribution in [0.1, 0.15) is 24.6 Å². The Hall–Kier alpha value is -1.62. The summed E-state index contributed by atoms with van der Waals surface area (Å²) < 4.78 is 9.80. The van der Waals surface area contributed by atoms with Crippen LogP contribution in [0.5, 0.6) is 0 Å². The van der Waals surface area contributed by atoms with Crippen molar-refractivity contribution in [3.8, 4) is 0 Å². The zero-order valence-corrected chi connectivity index (χ0v) is 10.4. The Morgan fingerprint density at radius 2 is 2.28 bits per heavy atom. The van der Waals surface area contributed by atoms with E-state index in [-0.39, 0.29) is 0 Å². The second-order valence-corrected chi connectivity index (χ2v) is 4.69. The molecule has 1 atom stereocenters. The van der Waals surface area contributed by atoms with Gasteiger partial charge in [-0.25, -0.2) is 9.97 Å². The number of aromatic nitrogens is 4. The standard InChI is InChI=1S/C13H18N4O/c1(5-16-7-3-14-11-16)6-17-8-4-15-13(17)12-2-9-18-10-12/h3-4,7-8,11-12H,1-2,5-6,9-10H2/t12-/m1/s1. The van der Waals surface area contributed by atoms with E-state index >= 15 is 0 Å². The summed E-state index contributed by atoms with van der Waals surface area (Å²) in [5.41, 5.74) is 0. The van der Waals surface area contributed by atoms with Gasteiger partial charge in [0, 0.05) is 50.4 Å². The van der Waals surface area contributed by atoms with Crippen LogP contribution >= 0.6 is 0 Å². The van der Waals surface area contributed by atoms with Gasteiger partial charge in [0.1, 0.15) is 5.82 Å². The van der Waals surface area contributed by atoms with Gasteiger partial charge < -0.3 is 13.9 Å². The summed E-state index contributed by atoms with van der Waals surface area (Å²) >= 11 is 0. The molecule has 5 heteroatoms. The van der Waals surface area contributed by atoms with E-state index in [1.165, 1.54) is 5.82 Å². The molecule has 0 spiro atoms. The lowest BCUT2D eigenvalue weighted by atomic mass is 10.1. The summed E-state index contributed by atoms with van der Waals surface area (Å²) in [6.45, 7) is 3.69. The molecule has 3 rings (SSSR count). The number of imidazole rings is 2. The molecule has 2 aromatic heterocycles. The molecule has 18 heavy (non-hydrogen) atoms. The zero-order valence-electron chi connectivity index (χ0n) is 10.4. The van der Waals surface area contributed by atoms with Crippen LogP contribution in [0.15, 0.2) is 31.1 Å². The van der Waals surface area contributed by atoms with E-state index in [0.29, 0.717) is 5.92 Å². The Morgan fingerprint density at radius 3 is 3.06 bits per heavy atom. The minimum Gasteiger partial charge on any atom is -0.381 e. The van der Waals surface area contributed by atoms with Crippen LogP contribution in [-0.4, -0.2) is 32.3 Å².